The van der Waals surface area contributed by atoms with E-state index in [9.17, 15) is 4.79 Å². The number of hydrogen-bond donors (Lipinski definition) is 1. The fourth-order valence-electron chi connectivity index (χ4n) is 3.04. The number of H-pyrrole nitrogens is 1. The Labute approximate surface area is 158 Å². The third-order valence-corrected chi connectivity index (χ3v) is 4.63. The van der Waals surface area contributed by atoms with E-state index in [1.54, 1.807) is 7.11 Å². The van der Waals surface area contributed by atoms with E-state index in [2.05, 4.69) is 26.0 Å². The summed E-state index contributed by atoms with van der Waals surface area (Å²) in [5.41, 5.74) is 4.72. The zero-order valence-corrected chi connectivity index (χ0v) is 15.7. The lowest BCUT2D eigenvalue weighted by atomic mass is 10.0. The van der Waals surface area contributed by atoms with E-state index in [1.807, 2.05) is 54.6 Å². The van der Waals surface area contributed by atoms with E-state index >= 15 is 0 Å². The standard InChI is InChI=1S/C20H16BrN3O2/c1-26-12-16-11-17(25)24-20(22-16)18(13-6-3-2-4-7-13)19(23-24)14-8-5-9-15(21)10-14/h2-11,23H,12H2,1H3. The number of fused-ring (bicyclic) bond motifs is 1. The second-order valence-electron chi connectivity index (χ2n) is 5.92. The molecule has 0 atom stereocenters. The van der Waals surface area contributed by atoms with Gasteiger partial charge < -0.3 is 4.74 Å². The summed E-state index contributed by atoms with van der Waals surface area (Å²) in [6, 6.07) is 19.4. The average molecular weight is 410 g/mol. The number of hydrogen-bond acceptors (Lipinski definition) is 3. The first-order valence-corrected chi connectivity index (χ1v) is 8.91. The Hall–Kier alpha value is -2.70. The highest BCUT2D eigenvalue weighted by Gasteiger charge is 2.18. The van der Waals surface area contributed by atoms with Crippen molar-refractivity contribution in [2.45, 2.75) is 6.61 Å². The Morgan fingerprint density at radius 1 is 1.08 bits per heavy atom. The van der Waals surface area contributed by atoms with E-state index in [0.717, 1.165) is 26.9 Å². The van der Waals surface area contributed by atoms with E-state index in [-0.39, 0.29) is 12.2 Å². The second kappa shape index (κ2) is 6.90. The van der Waals surface area contributed by atoms with Gasteiger partial charge >= 0.3 is 0 Å². The highest BCUT2D eigenvalue weighted by molar-refractivity contribution is 9.10. The molecule has 0 spiro atoms. The van der Waals surface area contributed by atoms with Crippen molar-refractivity contribution in [1.82, 2.24) is 14.6 Å². The van der Waals surface area contributed by atoms with Crippen LogP contribution in [-0.4, -0.2) is 21.7 Å². The zero-order chi connectivity index (χ0) is 18.1. The van der Waals surface area contributed by atoms with Crippen LogP contribution in [0.4, 0.5) is 0 Å². The molecule has 2 aromatic carbocycles. The van der Waals surface area contributed by atoms with Gasteiger partial charge in [-0.05, 0) is 17.7 Å². The molecule has 0 radical (unpaired) electrons. The van der Waals surface area contributed by atoms with Crippen LogP contribution in [0.5, 0.6) is 0 Å². The van der Waals surface area contributed by atoms with Crippen LogP contribution in [0.15, 0.2) is 69.9 Å². The van der Waals surface area contributed by atoms with Crippen molar-refractivity contribution in [1.29, 1.82) is 0 Å². The number of aromatic nitrogens is 3. The van der Waals surface area contributed by atoms with Crippen molar-refractivity contribution in [2.24, 2.45) is 0 Å². The van der Waals surface area contributed by atoms with Crippen LogP contribution in [0.25, 0.3) is 28.0 Å². The average Bonchev–Trinajstić information content (AvgIpc) is 3.03. The third kappa shape index (κ3) is 2.98. The van der Waals surface area contributed by atoms with Crippen molar-refractivity contribution in [2.75, 3.05) is 7.11 Å². The minimum atomic E-state index is -0.166. The van der Waals surface area contributed by atoms with Crippen LogP contribution < -0.4 is 5.56 Å². The molecule has 4 aromatic rings. The molecular formula is C20H16BrN3O2. The number of nitrogens with one attached hydrogen (secondary N) is 1. The van der Waals surface area contributed by atoms with Crippen LogP contribution in [0.3, 0.4) is 0 Å². The van der Waals surface area contributed by atoms with Gasteiger partial charge in [0.1, 0.15) is 0 Å². The first-order chi connectivity index (χ1) is 12.7. The maximum atomic E-state index is 12.6. The van der Waals surface area contributed by atoms with E-state index in [1.165, 1.54) is 10.6 Å². The van der Waals surface area contributed by atoms with E-state index < -0.39 is 0 Å². The molecule has 5 nitrogen and oxygen atoms in total. The number of benzene rings is 2. The molecule has 4 rings (SSSR count). The zero-order valence-electron chi connectivity index (χ0n) is 14.1. The highest BCUT2D eigenvalue weighted by Crippen LogP contribution is 2.34. The molecule has 1 N–H and O–H groups in total. The fourth-order valence-corrected chi connectivity index (χ4v) is 3.44. The van der Waals surface area contributed by atoms with Gasteiger partial charge in [-0.15, -0.1) is 0 Å². The van der Waals surface area contributed by atoms with Crippen LogP contribution >= 0.6 is 15.9 Å². The monoisotopic (exact) mass is 409 g/mol. The number of rotatable bonds is 4. The number of halogens is 1. The van der Waals surface area contributed by atoms with Crippen molar-refractivity contribution in [3.8, 4) is 22.4 Å². The smallest absolute Gasteiger partial charge is 0.273 e. The molecule has 0 aliphatic heterocycles. The summed E-state index contributed by atoms with van der Waals surface area (Å²) in [6.45, 7) is 0.289. The first kappa shape index (κ1) is 16.8. The Balaban J connectivity index is 2.08. The summed E-state index contributed by atoms with van der Waals surface area (Å²) in [5, 5.41) is 3.22. The van der Waals surface area contributed by atoms with Crippen LogP contribution in [0.1, 0.15) is 5.69 Å². The predicted octanol–water partition coefficient (Wildman–Crippen LogP) is 4.27. The topological polar surface area (TPSA) is 59.4 Å². The summed E-state index contributed by atoms with van der Waals surface area (Å²) in [7, 11) is 1.59. The molecule has 0 fully saturated rings. The van der Waals surface area contributed by atoms with Gasteiger partial charge in [-0.25, -0.2) is 9.50 Å². The maximum absolute atomic E-state index is 12.6. The third-order valence-electron chi connectivity index (χ3n) is 4.14. The van der Waals surface area contributed by atoms with Crippen LogP contribution in [0, 0.1) is 0 Å². The molecule has 2 aromatic heterocycles. The van der Waals surface area contributed by atoms with Gasteiger partial charge in [0.25, 0.3) is 5.56 Å². The lowest BCUT2D eigenvalue weighted by Gasteiger charge is -2.05. The Morgan fingerprint density at radius 3 is 2.58 bits per heavy atom. The first-order valence-electron chi connectivity index (χ1n) is 8.12. The molecule has 0 aliphatic rings. The number of aromatic amines is 1. The molecule has 2 heterocycles. The molecule has 0 amide bonds. The van der Waals surface area contributed by atoms with Crippen molar-refractivity contribution in [3.05, 3.63) is 81.2 Å². The molecule has 0 aliphatic carbocycles. The maximum Gasteiger partial charge on any atom is 0.273 e. The fraction of sp³-hybridized carbons (Fsp3) is 0.100. The number of methoxy groups -OCH3 is 1. The Morgan fingerprint density at radius 2 is 1.85 bits per heavy atom. The van der Waals surface area contributed by atoms with Gasteiger partial charge in [0.05, 0.1) is 23.6 Å². The van der Waals surface area contributed by atoms with Gasteiger partial charge in [-0.3, -0.25) is 9.89 Å². The van der Waals surface area contributed by atoms with Crippen molar-refractivity contribution >= 4 is 21.6 Å². The SMILES string of the molecule is COCc1cc(=O)n2[nH]c(-c3cccc(Br)c3)c(-c3ccccc3)c2n1. The quantitative estimate of drug-likeness (QED) is 0.547. The van der Waals surface area contributed by atoms with Gasteiger partial charge in [0.2, 0.25) is 0 Å². The molecule has 6 heteroatoms. The molecular weight excluding hydrogens is 394 g/mol. The summed E-state index contributed by atoms with van der Waals surface area (Å²) in [6.07, 6.45) is 0. The van der Waals surface area contributed by atoms with Gasteiger partial charge in [0, 0.05) is 23.2 Å². The minimum Gasteiger partial charge on any atom is -0.378 e. The van der Waals surface area contributed by atoms with Gasteiger partial charge in [0.15, 0.2) is 5.65 Å². The number of ether oxygens (including phenoxy) is 1. The lowest BCUT2D eigenvalue weighted by molar-refractivity contribution is 0.181. The van der Waals surface area contributed by atoms with Gasteiger partial charge in [-0.2, -0.15) is 0 Å². The molecule has 0 unspecified atom stereocenters. The molecule has 130 valence electrons. The van der Waals surface area contributed by atoms with E-state index in [4.69, 9.17) is 4.74 Å². The lowest BCUT2D eigenvalue weighted by Crippen LogP contribution is -2.15. The minimum absolute atomic E-state index is 0.166. The van der Waals surface area contributed by atoms with Crippen LogP contribution in [0.2, 0.25) is 0 Å². The van der Waals surface area contributed by atoms with Gasteiger partial charge in [-0.1, -0.05) is 58.4 Å². The summed E-state index contributed by atoms with van der Waals surface area (Å²) < 4.78 is 7.61. The second-order valence-corrected chi connectivity index (χ2v) is 6.83. The van der Waals surface area contributed by atoms with E-state index in [0.29, 0.717) is 11.3 Å². The summed E-state index contributed by atoms with van der Waals surface area (Å²) >= 11 is 3.52. The molecule has 26 heavy (non-hydrogen) atoms. The Kier molecular flexibility index (Phi) is 4.44. The highest BCUT2D eigenvalue weighted by atomic mass is 79.9. The predicted molar refractivity (Wildman–Crippen MR) is 105 cm³/mol. The van der Waals surface area contributed by atoms with Crippen molar-refractivity contribution in [3.63, 3.8) is 0 Å². The molecule has 0 saturated heterocycles. The number of nitrogens with zero attached hydrogens (tertiary/aromatic N) is 2. The Bertz CT molecular complexity index is 1130. The van der Waals surface area contributed by atoms with Crippen LogP contribution in [-0.2, 0) is 11.3 Å². The normalized spacial score (nSPS) is 11.2. The van der Waals surface area contributed by atoms with Crippen molar-refractivity contribution < 1.29 is 4.74 Å². The summed E-state index contributed by atoms with van der Waals surface area (Å²) in [5.74, 6) is 0. The molecule has 0 bridgehead atoms. The molecule has 0 saturated carbocycles. The summed E-state index contributed by atoms with van der Waals surface area (Å²) in [4.78, 5) is 17.3. The largest absolute Gasteiger partial charge is 0.378 e.